The highest BCUT2D eigenvalue weighted by Crippen LogP contribution is 2.27. The van der Waals surface area contributed by atoms with Crippen LogP contribution >= 0.6 is 11.3 Å². The summed E-state index contributed by atoms with van der Waals surface area (Å²) >= 11 is 1.66. The van der Waals surface area contributed by atoms with Crippen molar-refractivity contribution in [3.8, 4) is 10.6 Å². The molecule has 0 bridgehead atoms. The van der Waals surface area contributed by atoms with E-state index in [1.165, 1.54) is 10.4 Å². The molecular formula is C21H23N3OS. The lowest BCUT2D eigenvalue weighted by molar-refractivity contribution is 0.0954. The van der Waals surface area contributed by atoms with Crippen molar-refractivity contribution in [1.82, 2.24) is 15.3 Å². The van der Waals surface area contributed by atoms with E-state index >= 15 is 0 Å². The summed E-state index contributed by atoms with van der Waals surface area (Å²) < 4.78 is 0. The number of aryl methyl sites for hydroxylation is 1. The molecule has 2 aromatic heterocycles. The maximum Gasteiger partial charge on any atom is 0.251 e. The van der Waals surface area contributed by atoms with Gasteiger partial charge >= 0.3 is 0 Å². The first-order chi connectivity index (χ1) is 12.5. The lowest BCUT2D eigenvalue weighted by atomic mass is 10.0. The van der Waals surface area contributed by atoms with Crippen molar-refractivity contribution in [3.05, 3.63) is 70.5 Å². The van der Waals surface area contributed by atoms with Gasteiger partial charge in [0.1, 0.15) is 5.01 Å². The van der Waals surface area contributed by atoms with Gasteiger partial charge in [-0.05, 0) is 42.7 Å². The molecule has 0 unspecified atom stereocenters. The Bertz CT molecular complexity index is 870. The number of pyridine rings is 1. The van der Waals surface area contributed by atoms with Gasteiger partial charge in [0.2, 0.25) is 0 Å². The molecule has 0 saturated carbocycles. The predicted molar refractivity (Wildman–Crippen MR) is 107 cm³/mol. The largest absolute Gasteiger partial charge is 0.352 e. The van der Waals surface area contributed by atoms with E-state index in [-0.39, 0.29) is 5.91 Å². The smallest absolute Gasteiger partial charge is 0.251 e. The molecule has 4 nitrogen and oxygen atoms in total. The van der Waals surface area contributed by atoms with Crippen LogP contribution in [0.5, 0.6) is 0 Å². The van der Waals surface area contributed by atoms with Crippen molar-refractivity contribution in [2.45, 2.75) is 33.1 Å². The van der Waals surface area contributed by atoms with Gasteiger partial charge in [0.25, 0.3) is 5.91 Å². The summed E-state index contributed by atoms with van der Waals surface area (Å²) in [5.74, 6) is 0.436. The number of nitrogens with zero attached hydrogens (tertiary/aromatic N) is 2. The monoisotopic (exact) mass is 365 g/mol. The van der Waals surface area contributed by atoms with Crippen LogP contribution in [0, 0.1) is 6.92 Å². The first-order valence-electron chi connectivity index (χ1n) is 8.79. The third-order valence-electron chi connectivity index (χ3n) is 4.28. The van der Waals surface area contributed by atoms with E-state index in [4.69, 9.17) is 0 Å². The molecule has 2 heterocycles. The number of nitrogens with one attached hydrogen (secondary N) is 1. The lowest BCUT2D eigenvalue weighted by Gasteiger charge is -2.07. The van der Waals surface area contributed by atoms with Crippen LogP contribution in [0.25, 0.3) is 10.6 Å². The van der Waals surface area contributed by atoms with Crippen molar-refractivity contribution in [2.75, 3.05) is 6.54 Å². The van der Waals surface area contributed by atoms with Gasteiger partial charge in [-0.3, -0.25) is 9.78 Å². The summed E-state index contributed by atoms with van der Waals surface area (Å²) in [6, 6.07) is 11.8. The molecule has 0 spiro atoms. The second-order valence-corrected chi connectivity index (χ2v) is 7.64. The summed E-state index contributed by atoms with van der Waals surface area (Å²) in [5.41, 5.74) is 3.99. The Morgan fingerprint density at radius 3 is 2.62 bits per heavy atom. The van der Waals surface area contributed by atoms with Gasteiger partial charge in [-0.1, -0.05) is 26.0 Å². The van der Waals surface area contributed by atoms with Crippen molar-refractivity contribution < 1.29 is 4.79 Å². The SMILES string of the molecule is Cc1nc(-c2cccnc2)sc1CCNC(=O)c1ccc(C(C)C)cc1. The standard InChI is InChI=1S/C21H23N3OS/c1-14(2)16-6-8-17(9-7-16)20(25)23-12-10-19-15(3)24-21(26-19)18-5-4-11-22-13-18/h4-9,11,13-14H,10,12H2,1-3H3,(H,23,25). The number of benzene rings is 1. The molecule has 0 atom stereocenters. The zero-order valence-corrected chi connectivity index (χ0v) is 16.1. The van der Waals surface area contributed by atoms with Crippen LogP contribution in [0.15, 0.2) is 48.8 Å². The normalized spacial score (nSPS) is 10.9. The third-order valence-corrected chi connectivity index (χ3v) is 5.54. The van der Waals surface area contributed by atoms with Gasteiger partial charge < -0.3 is 5.32 Å². The van der Waals surface area contributed by atoms with E-state index in [1.54, 1.807) is 17.5 Å². The molecule has 1 aromatic carbocycles. The minimum Gasteiger partial charge on any atom is -0.352 e. The quantitative estimate of drug-likeness (QED) is 0.694. The second kappa shape index (κ2) is 8.23. The first-order valence-corrected chi connectivity index (χ1v) is 9.61. The minimum atomic E-state index is -0.0324. The molecule has 3 aromatic rings. The highest BCUT2D eigenvalue weighted by Gasteiger charge is 2.11. The second-order valence-electron chi connectivity index (χ2n) is 6.55. The van der Waals surface area contributed by atoms with Crippen LogP contribution in [0.2, 0.25) is 0 Å². The average Bonchev–Trinajstić information content (AvgIpc) is 3.03. The maximum atomic E-state index is 12.3. The number of aromatic nitrogens is 2. The Labute approximate surface area is 158 Å². The molecule has 5 heteroatoms. The number of thiazole rings is 1. The van der Waals surface area contributed by atoms with Gasteiger partial charge in [0.05, 0.1) is 5.69 Å². The van der Waals surface area contributed by atoms with Gasteiger partial charge in [-0.2, -0.15) is 0 Å². The molecule has 0 aliphatic rings. The van der Waals surface area contributed by atoms with Crippen LogP contribution in [0.4, 0.5) is 0 Å². The zero-order chi connectivity index (χ0) is 18.5. The van der Waals surface area contributed by atoms with Crippen LogP contribution in [-0.2, 0) is 6.42 Å². The summed E-state index contributed by atoms with van der Waals surface area (Å²) in [5, 5.41) is 3.97. The molecule has 134 valence electrons. The third kappa shape index (κ3) is 4.35. The Morgan fingerprint density at radius 1 is 1.19 bits per heavy atom. The zero-order valence-electron chi connectivity index (χ0n) is 15.3. The van der Waals surface area contributed by atoms with Gasteiger partial charge in [-0.15, -0.1) is 11.3 Å². The molecule has 1 N–H and O–H groups in total. The fourth-order valence-corrected chi connectivity index (χ4v) is 3.74. The Kier molecular flexibility index (Phi) is 5.78. The summed E-state index contributed by atoms with van der Waals surface area (Å²) in [4.78, 5) is 22.3. The van der Waals surface area contributed by atoms with Crippen LogP contribution in [-0.4, -0.2) is 22.4 Å². The molecule has 0 radical (unpaired) electrons. The van der Waals surface area contributed by atoms with Crippen molar-refractivity contribution in [3.63, 3.8) is 0 Å². The van der Waals surface area contributed by atoms with Crippen molar-refractivity contribution >= 4 is 17.2 Å². The summed E-state index contributed by atoms with van der Waals surface area (Å²) in [6.07, 6.45) is 4.36. The van der Waals surface area contributed by atoms with E-state index in [9.17, 15) is 4.79 Å². The van der Waals surface area contributed by atoms with Gasteiger partial charge in [0.15, 0.2) is 0 Å². The van der Waals surface area contributed by atoms with Gasteiger partial charge in [0, 0.05) is 41.4 Å². The molecule has 1 amide bonds. The predicted octanol–water partition coefficient (Wildman–Crippen LogP) is 4.61. The van der Waals surface area contributed by atoms with E-state index < -0.39 is 0 Å². The van der Waals surface area contributed by atoms with E-state index in [0.717, 1.165) is 22.7 Å². The van der Waals surface area contributed by atoms with Crippen molar-refractivity contribution in [2.24, 2.45) is 0 Å². The van der Waals surface area contributed by atoms with E-state index in [0.29, 0.717) is 18.0 Å². The minimum absolute atomic E-state index is 0.0324. The van der Waals surface area contributed by atoms with Crippen LogP contribution < -0.4 is 5.32 Å². The first kappa shape index (κ1) is 18.3. The maximum absolute atomic E-state index is 12.3. The molecule has 0 fully saturated rings. The number of amides is 1. The van der Waals surface area contributed by atoms with Crippen LogP contribution in [0.3, 0.4) is 0 Å². The fourth-order valence-electron chi connectivity index (χ4n) is 2.68. The Balaban J connectivity index is 1.58. The molecule has 26 heavy (non-hydrogen) atoms. The topological polar surface area (TPSA) is 54.9 Å². The fraction of sp³-hybridized carbons (Fsp3) is 0.286. The number of hydrogen-bond donors (Lipinski definition) is 1. The number of hydrogen-bond acceptors (Lipinski definition) is 4. The molecule has 0 aliphatic carbocycles. The van der Waals surface area contributed by atoms with E-state index in [2.05, 4.69) is 29.1 Å². The Hall–Kier alpha value is -2.53. The summed E-state index contributed by atoms with van der Waals surface area (Å²) in [7, 11) is 0. The van der Waals surface area contributed by atoms with Crippen molar-refractivity contribution in [1.29, 1.82) is 0 Å². The molecular weight excluding hydrogens is 342 g/mol. The Morgan fingerprint density at radius 2 is 1.96 bits per heavy atom. The van der Waals surface area contributed by atoms with E-state index in [1.807, 2.05) is 49.5 Å². The van der Waals surface area contributed by atoms with Crippen LogP contribution in [0.1, 0.15) is 46.3 Å². The average molecular weight is 366 g/mol. The summed E-state index contributed by atoms with van der Waals surface area (Å²) in [6.45, 7) is 6.90. The molecule has 0 saturated heterocycles. The number of carbonyl (C=O) groups excluding carboxylic acids is 1. The number of rotatable bonds is 6. The molecule has 3 rings (SSSR count). The van der Waals surface area contributed by atoms with Gasteiger partial charge in [-0.25, -0.2) is 4.98 Å². The highest BCUT2D eigenvalue weighted by atomic mass is 32.1. The number of carbonyl (C=O) groups is 1. The lowest BCUT2D eigenvalue weighted by Crippen LogP contribution is -2.25. The highest BCUT2D eigenvalue weighted by molar-refractivity contribution is 7.15. The molecule has 0 aliphatic heterocycles.